The molecule has 0 aliphatic heterocycles. The fourth-order valence-corrected chi connectivity index (χ4v) is 1.18. The van der Waals surface area contributed by atoms with Crippen LogP contribution in [0.1, 0.15) is 45.4 Å². The Morgan fingerprint density at radius 3 is 2.38 bits per heavy atom. The molecule has 0 heterocycles. The molecule has 0 amide bonds. The molecular formula is C13H22. The second-order valence-electron chi connectivity index (χ2n) is 3.25. The van der Waals surface area contributed by atoms with E-state index in [1.807, 2.05) is 12.2 Å². The van der Waals surface area contributed by atoms with E-state index in [0.29, 0.717) is 0 Å². The average Bonchev–Trinajstić information content (AvgIpc) is 2.16. The summed E-state index contributed by atoms with van der Waals surface area (Å²) in [7, 11) is 0. The molecule has 0 radical (unpaired) electrons. The normalized spacial score (nSPS) is 11.5. The topological polar surface area (TPSA) is 0 Å². The Hall–Kier alpha value is -0.780. The van der Waals surface area contributed by atoms with Gasteiger partial charge in [0.2, 0.25) is 0 Å². The van der Waals surface area contributed by atoms with Crippen LogP contribution < -0.4 is 0 Å². The third-order valence-corrected chi connectivity index (χ3v) is 1.97. The minimum atomic E-state index is 1.21. The largest absolute Gasteiger partial charge is 0.0991 e. The van der Waals surface area contributed by atoms with Crippen molar-refractivity contribution in [2.75, 3.05) is 0 Å². The van der Waals surface area contributed by atoms with Gasteiger partial charge in [-0.25, -0.2) is 0 Å². The lowest BCUT2D eigenvalue weighted by molar-refractivity contribution is 0.637. The van der Waals surface area contributed by atoms with Gasteiger partial charge in [-0.15, -0.1) is 0 Å². The van der Waals surface area contributed by atoms with Gasteiger partial charge >= 0.3 is 0 Å². The predicted molar refractivity (Wildman–Crippen MR) is 61.9 cm³/mol. The van der Waals surface area contributed by atoms with Crippen molar-refractivity contribution in [1.29, 1.82) is 0 Å². The Morgan fingerprint density at radius 1 is 0.923 bits per heavy atom. The number of hydrogen-bond acceptors (Lipinski definition) is 0. The molecule has 0 rings (SSSR count). The Morgan fingerprint density at radius 2 is 1.69 bits per heavy atom. The summed E-state index contributed by atoms with van der Waals surface area (Å²) in [5.41, 5.74) is 0. The van der Waals surface area contributed by atoms with Gasteiger partial charge in [-0.05, 0) is 12.8 Å². The van der Waals surface area contributed by atoms with Gasteiger partial charge in [0.1, 0.15) is 0 Å². The highest BCUT2D eigenvalue weighted by Crippen LogP contribution is 2.05. The Balaban J connectivity index is 3.10. The Bertz CT molecular complexity index is 151. The number of unbranched alkanes of at least 4 members (excludes halogenated alkanes) is 5. The van der Waals surface area contributed by atoms with E-state index in [9.17, 15) is 0 Å². The first-order chi connectivity index (χ1) is 6.41. The van der Waals surface area contributed by atoms with Crippen molar-refractivity contribution in [3.8, 4) is 0 Å². The first-order valence-electron chi connectivity index (χ1n) is 5.36. The quantitative estimate of drug-likeness (QED) is 0.375. The smallest absolute Gasteiger partial charge is 0.0348 e. The average molecular weight is 178 g/mol. The van der Waals surface area contributed by atoms with Crippen molar-refractivity contribution in [2.45, 2.75) is 45.4 Å². The molecule has 0 aromatic carbocycles. The lowest BCUT2D eigenvalue weighted by Crippen LogP contribution is -1.75. The van der Waals surface area contributed by atoms with E-state index in [0.717, 1.165) is 0 Å². The van der Waals surface area contributed by atoms with Gasteiger partial charge in [-0.3, -0.25) is 0 Å². The van der Waals surface area contributed by atoms with Crippen molar-refractivity contribution in [1.82, 2.24) is 0 Å². The van der Waals surface area contributed by atoms with Crippen molar-refractivity contribution >= 4 is 0 Å². The van der Waals surface area contributed by atoms with Crippen LogP contribution in [0.3, 0.4) is 0 Å². The monoisotopic (exact) mass is 178 g/mol. The van der Waals surface area contributed by atoms with Crippen LogP contribution >= 0.6 is 0 Å². The van der Waals surface area contributed by atoms with Crippen molar-refractivity contribution in [3.05, 3.63) is 37.0 Å². The van der Waals surface area contributed by atoms with E-state index in [4.69, 9.17) is 0 Å². The minimum absolute atomic E-state index is 1.21. The maximum Gasteiger partial charge on any atom is -0.0348 e. The predicted octanol–water partition coefficient (Wildman–Crippen LogP) is 4.65. The third-order valence-electron chi connectivity index (χ3n) is 1.97. The molecule has 0 nitrogen and oxygen atoms in total. The highest BCUT2D eigenvalue weighted by Gasteiger charge is 1.85. The van der Waals surface area contributed by atoms with Crippen molar-refractivity contribution in [2.24, 2.45) is 0 Å². The van der Waals surface area contributed by atoms with E-state index >= 15 is 0 Å². The molecule has 0 bridgehead atoms. The fourth-order valence-electron chi connectivity index (χ4n) is 1.18. The van der Waals surface area contributed by atoms with Crippen LogP contribution in [0.2, 0.25) is 0 Å². The second-order valence-corrected chi connectivity index (χ2v) is 3.25. The molecular weight excluding hydrogens is 156 g/mol. The number of allylic oxidation sites excluding steroid dienone is 5. The Kier molecular flexibility index (Phi) is 10.5. The van der Waals surface area contributed by atoms with Gasteiger partial charge in [0.15, 0.2) is 0 Å². The summed E-state index contributed by atoms with van der Waals surface area (Å²) in [5, 5.41) is 0. The SMILES string of the molecule is C=C/C=C/C=C/CCCCCCC. The van der Waals surface area contributed by atoms with Crippen LogP contribution in [-0.2, 0) is 0 Å². The third kappa shape index (κ3) is 11.2. The lowest BCUT2D eigenvalue weighted by Gasteiger charge is -1.95. The zero-order chi connectivity index (χ0) is 9.78. The molecule has 0 spiro atoms. The van der Waals surface area contributed by atoms with Crippen molar-refractivity contribution in [3.63, 3.8) is 0 Å². The molecule has 0 aromatic heterocycles. The molecule has 0 saturated heterocycles. The summed E-state index contributed by atoms with van der Waals surface area (Å²) >= 11 is 0. The first kappa shape index (κ1) is 12.2. The summed E-state index contributed by atoms with van der Waals surface area (Å²) in [4.78, 5) is 0. The lowest BCUT2D eigenvalue weighted by atomic mass is 10.1. The van der Waals surface area contributed by atoms with Crippen LogP contribution in [0.25, 0.3) is 0 Å². The van der Waals surface area contributed by atoms with Gasteiger partial charge in [0.05, 0.1) is 0 Å². The number of hydrogen-bond donors (Lipinski definition) is 0. The van der Waals surface area contributed by atoms with Crippen LogP contribution in [0.15, 0.2) is 37.0 Å². The van der Waals surface area contributed by atoms with E-state index in [1.165, 1.54) is 38.5 Å². The zero-order valence-corrected chi connectivity index (χ0v) is 8.84. The summed E-state index contributed by atoms with van der Waals surface area (Å²) in [6, 6.07) is 0. The van der Waals surface area contributed by atoms with Gasteiger partial charge in [0, 0.05) is 0 Å². The van der Waals surface area contributed by atoms with Gasteiger partial charge < -0.3 is 0 Å². The molecule has 13 heavy (non-hydrogen) atoms. The van der Waals surface area contributed by atoms with Gasteiger partial charge in [0.25, 0.3) is 0 Å². The highest BCUT2D eigenvalue weighted by atomic mass is 13.9. The zero-order valence-electron chi connectivity index (χ0n) is 8.84. The molecule has 0 unspecified atom stereocenters. The highest BCUT2D eigenvalue weighted by molar-refractivity contribution is 5.08. The Labute approximate surface area is 83.0 Å². The van der Waals surface area contributed by atoms with Crippen molar-refractivity contribution < 1.29 is 0 Å². The molecule has 74 valence electrons. The molecule has 0 heteroatoms. The summed E-state index contributed by atoms with van der Waals surface area (Å²) < 4.78 is 0. The van der Waals surface area contributed by atoms with Crippen LogP contribution in [0.4, 0.5) is 0 Å². The summed E-state index contributed by atoms with van der Waals surface area (Å²) in [6.07, 6.45) is 18.1. The maximum atomic E-state index is 3.61. The molecule has 0 atom stereocenters. The first-order valence-corrected chi connectivity index (χ1v) is 5.36. The summed E-state index contributed by atoms with van der Waals surface area (Å²) in [6.45, 7) is 5.86. The second kappa shape index (κ2) is 11.2. The minimum Gasteiger partial charge on any atom is -0.0991 e. The molecule has 0 fully saturated rings. The maximum absolute atomic E-state index is 3.61. The standard InChI is InChI=1S/C13H22/c1-3-5-7-9-11-13-12-10-8-6-4-2/h3,5,7,9,11H,1,4,6,8,10,12-13H2,2H3/b7-5+,11-9+. The van der Waals surface area contributed by atoms with E-state index < -0.39 is 0 Å². The van der Waals surface area contributed by atoms with Gasteiger partial charge in [-0.1, -0.05) is 69.6 Å². The van der Waals surface area contributed by atoms with Crippen LogP contribution in [0, 0.1) is 0 Å². The van der Waals surface area contributed by atoms with Gasteiger partial charge in [-0.2, -0.15) is 0 Å². The van der Waals surface area contributed by atoms with E-state index in [-0.39, 0.29) is 0 Å². The molecule has 0 aromatic rings. The molecule has 0 saturated carbocycles. The molecule has 0 aliphatic carbocycles. The molecule has 0 N–H and O–H groups in total. The number of rotatable bonds is 8. The van der Waals surface area contributed by atoms with Crippen LogP contribution in [0.5, 0.6) is 0 Å². The fraction of sp³-hybridized carbons (Fsp3) is 0.538. The summed E-state index contributed by atoms with van der Waals surface area (Å²) in [5.74, 6) is 0. The molecule has 0 aliphatic rings. The van der Waals surface area contributed by atoms with Crippen LogP contribution in [-0.4, -0.2) is 0 Å². The van der Waals surface area contributed by atoms with E-state index in [1.54, 1.807) is 6.08 Å². The van der Waals surface area contributed by atoms with E-state index in [2.05, 4.69) is 25.7 Å².